The van der Waals surface area contributed by atoms with Gasteiger partial charge < -0.3 is 0 Å². The second kappa shape index (κ2) is 6.96. The molecular weight excluding hydrogens is 449 g/mol. The maximum Gasteiger partial charge on any atom is 0.328 e. The van der Waals surface area contributed by atoms with Crippen LogP contribution in [0.1, 0.15) is 33.1 Å². The molecule has 0 aliphatic heterocycles. The Hall–Kier alpha value is -3.07. The normalized spacial score (nSPS) is 24.0. The van der Waals surface area contributed by atoms with Gasteiger partial charge in [-0.25, -0.2) is 4.39 Å². The summed E-state index contributed by atoms with van der Waals surface area (Å²) in [6.45, 7) is 3.77. The molecule has 0 amide bonds. The number of ketones is 1. The van der Waals surface area contributed by atoms with Crippen molar-refractivity contribution in [3.8, 4) is 0 Å². The van der Waals surface area contributed by atoms with Crippen LogP contribution in [0.2, 0.25) is 0 Å². The fourth-order valence-electron chi connectivity index (χ4n) is 5.76. The van der Waals surface area contributed by atoms with Crippen LogP contribution in [0.15, 0.2) is 52.1 Å². The minimum Gasteiger partial charge on any atom is -0.299 e. The monoisotopic (exact) mass is 471 g/mol. The zero-order chi connectivity index (χ0) is 23.8. The molecule has 5 rings (SSSR count). The maximum absolute atomic E-state index is 14.0. The van der Waals surface area contributed by atoms with Crippen molar-refractivity contribution in [2.75, 3.05) is 5.75 Å². The number of hydrogen-bond donors (Lipinski definition) is 0. The van der Waals surface area contributed by atoms with E-state index in [-0.39, 0.29) is 38.0 Å². The van der Waals surface area contributed by atoms with Crippen LogP contribution in [0.3, 0.4) is 0 Å². The standard InChI is InChI=1S/C24H22FNO6S/c1-23(2)14-9-10-24(23,20(27)11-14)13-33(30,31)32-26-21(28)17-6-4-3-5-16(17)19-12-15(25)7-8-18(19)22(26)29/h3-8,12,14H,9-11,13H2,1-2H3. The van der Waals surface area contributed by atoms with Crippen LogP contribution < -0.4 is 15.4 Å². The number of Topliss-reactive ketones (excluding diaryl/α,β-unsaturated/α-hetero) is 1. The number of nitrogens with zero attached hydrogens (tertiary/aromatic N) is 1. The minimum atomic E-state index is -4.52. The smallest absolute Gasteiger partial charge is 0.299 e. The summed E-state index contributed by atoms with van der Waals surface area (Å²) >= 11 is 0. The van der Waals surface area contributed by atoms with E-state index < -0.39 is 43.6 Å². The molecule has 1 aromatic heterocycles. The molecule has 3 aromatic rings. The highest BCUT2D eigenvalue weighted by molar-refractivity contribution is 7.86. The first-order valence-electron chi connectivity index (χ1n) is 10.7. The molecule has 0 saturated heterocycles. The van der Waals surface area contributed by atoms with Crippen molar-refractivity contribution in [1.29, 1.82) is 0 Å². The average molecular weight is 472 g/mol. The summed E-state index contributed by atoms with van der Waals surface area (Å²) in [5, 5.41) is 0.387. The molecule has 0 spiro atoms. The first-order valence-corrected chi connectivity index (χ1v) is 12.3. The van der Waals surface area contributed by atoms with Crippen LogP contribution >= 0.6 is 0 Å². The molecular formula is C24H22FNO6S. The van der Waals surface area contributed by atoms with Crippen LogP contribution in [0.25, 0.3) is 21.5 Å². The Morgan fingerprint density at radius 3 is 2.24 bits per heavy atom. The second-order valence-electron chi connectivity index (χ2n) is 9.58. The lowest BCUT2D eigenvalue weighted by molar-refractivity contribution is -0.128. The molecule has 0 N–H and O–H groups in total. The van der Waals surface area contributed by atoms with Gasteiger partial charge in [0.15, 0.2) is 0 Å². The molecule has 2 fully saturated rings. The fraction of sp³-hybridized carbons (Fsp3) is 0.375. The number of aromatic nitrogens is 1. The van der Waals surface area contributed by atoms with Gasteiger partial charge in [-0.3, -0.25) is 18.7 Å². The van der Waals surface area contributed by atoms with Crippen LogP contribution in [-0.2, 0) is 14.9 Å². The highest BCUT2D eigenvalue weighted by atomic mass is 32.2. The van der Waals surface area contributed by atoms with Crippen molar-refractivity contribution in [1.82, 2.24) is 4.73 Å². The minimum absolute atomic E-state index is 0.00164. The molecule has 172 valence electrons. The Morgan fingerprint density at radius 2 is 1.64 bits per heavy atom. The molecule has 7 nitrogen and oxygen atoms in total. The molecule has 2 aliphatic rings. The largest absolute Gasteiger partial charge is 0.328 e. The van der Waals surface area contributed by atoms with Gasteiger partial charge in [0.25, 0.3) is 11.1 Å². The van der Waals surface area contributed by atoms with Crippen molar-refractivity contribution < 1.29 is 21.9 Å². The van der Waals surface area contributed by atoms with E-state index in [1.165, 1.54) is 12.1 Å². The molecule has 2 unspecified atom stereocenters. The third-order valence-electron chi connectivity index (χ3n) is 7.78. The lowest BCUT2D eigenvalue weighted by Gasteiger charge is -2.35. The van der Waals surface area contributed by atoms with Gasteiger partial charge >= 0.3 is 10.1 Å². The van der Waals surface area contributed by atoms with Crippen molar-refractivity contribution in [2.45, 2.75) is 33.1 Å². The Kier molecular flexibility index (Phi) is 4.59. The van der Waals surface area contributed by atoms with Crippen LogP contribution in [0.4, 0.5) is 4.39 Å². The van der Waals surface area contributed by atoms with Gasteiger partial charge in [-0.15, -0.1) is 0 Å². The van der Waals surface area contributed by atoms with Gasteiger partial charge in [-0.2, -0.15) is 8.42 Å². The maximum atomic E-state index is 14.0. The number of fused-ring (bicyclic) bond motifs is 5. The fourth-order valence-corrected chi connectivity index (χ4v) is 7.45. The van der Waals surface area contributed by atoms with E-state index in [4.69, 9.17) is 4.28 Å². The zero-order valence-electron chi connectivity index (χ0n) is 18.1. The van der Waals surface area contributed by atoms with Crippen molar-refractivity contribution in [3.63, 3.8) is 0 Å². The molecule has 0 radical (unpaired) electrons. The summed E-state index contributed by atoms with van der Waals surface area (Å²) < 4.78 is 45.7. The van der Waals surface area contributed by atoms with E-state index >= 15 is 0 Å². The summed E-state index contributed by atoms with van der Waals surface area (Å²) in [5.41, 5.74) is -3.65. The van der Waals surface area contributed by atoms with Gasteiger partial charge in [-0.05, 0) is 59.2 Å². The lowest BCUT2D eigenvalue weighted by atomic mass is 9.70. The highest BCUT2D eigenvalue weighted by Gasteiger charge is 2.65. The highest BCUT2D eigenvalue weighted by Crippen LogP contribution is 2.64. The summed E-state index contributed by atoms with van der Waals surface area (Å²) in [5.74, 6) is -1.26. The predicted octanol–water partition coefficient (Wildman–Crippen LogP) is 2.81. The Balaban J connectivity index is 1.70. The summed E-state index contributed by atoms with van der Waals surface area (Å²) in [6, 6.07) is 9.51. The van der Waals surface area contributed by atoms with E-state index in [9.17, 15) is 27.2 Å². The lowest BCUT2D eigenvalue weighted by Crippen LogP contribution is -2.47. The summed E-state index contributed by atoms with van der Waals surface area (Å²) in [7, 11) is -4.52. The molecule has 2 aliphatic carbocycles. The van der Waals surface area contributed by atoms with Crippen LogP contribution in [0, 0.1) is 22.6 Å². The number of halogens is 1. The molecule has 2 bridgehead atoms. The van der Waals surface area contributed by atoms with E-state index in [0.29, 0.717) is 12.8 Å². The molecule has 2 atom stereocenters. The predicted molar refractivity (Wildman–Crippen MR) is 121 cm³/mol. The van der Waals surface area contributed by atoms with Crippen LogP contribution in [-0.4, -0.2) is 24.7 Å². The number of carbonyl (C=O) groups is 1. The van der Waals surface area contributed by atoms with Gasteiger partial charge in [0, 0.05) is 6.42 Å². The zero-order valence-corrected chi connectivity index (χ0v) is 18.9. The quantitative estimate of drug-likeness (QED) is 0.580. The van der Waals surface area contributed by atoms with Crippen molar-refractivity contribution >= 4 is 37.4 Å². The Labute approximate surface area is 188 Å². The Morgan fingerprint density at radius 1 is 1.00 bits per heavy atom. The summed E-state index contributed by atoms with van der Waals surface area (Å²) in [4.78, 5) is 39.2. The van der Waals surface area contributed by atoms with Crippen molar-refractivity contribution in [2.24, 2.45) is 16.7 Å². The average Bonchev–Trinajstić information content (AvgIpc) is 3.07. The third-order valence-corrected chi connectivity index (χ3v) is 9.00. The van der Waals surface area contributed by atoms with E-state index in [1.54, 1.807) is 18.2 Å². The number of carbonyl (C=O) groups excluding carboxylic acids is 1. The first kappa shape index (κ1) is 21.8. The van der Waals surface area contributed by atoms with E-state index in [1.807, 2.05) is 13.8 Å². The van der Waals surface area contributed by atoms with Crippen LogP contribution in [0.5, 0.6) is 0 Å². The third kappa shape index (κ3) is 3.05. The SMILES string of the molecule is CC1(C)C2CCC1(CS(=O)(=O)On1c(=O)c3ccccc3c3cc(F)ccc3c1=O)C(=O)C2. The Bertz CT molecular complexity index is 1580. The van der Waals surface area contributed by atoms with Gasteiger partial charge in [0.2, 0.25) is 0 Å². The van der Waals surface area contributed by atoms with Crippen molar-refractivity contribution in [3.05, 3.63) is 69.0 Å². The van der Waals surface area contributed by atoms with E-state index in [0.717, 1.165) is 18.6 Å². The molecule has 2 aromatic carbocycles. The molecule has 33 heavy (non-hydrogen) atoms. The topological polar surface area (TPSA) is 99.5 Å². The second-order valence-corrected chi connectivity index (χ2v) is 11.1. The van der Waals surface area contributed by atoms with Gasteiger partial charge in [-0.1, -0.05) is 36.8 Å². The molecule has 2 saturated carbocycles. The first-order chi connectivity index (χ1) is 15.5. The number of benzene rings is 2. The number of rotatable bonds is 4. The van der Waals surface area contributed by atoms with Gasteiger partial charge in [0.1, 0.15) is 17.4 Å². The van der Waals surface area contributed by atoms with Gasteiger partial charge in [0.05, 0.1) is 16.2 Å². The molecule has 9 heteroatoms. The number of hydrogen-bond acceptors (Lipinski definition) is 6. The van der Waals surface area contributed by atoms with E-state index in [2.05, 4.69) is 0 Å². The molecule has 1 heterocycles. The summed E-state index contributed by atoms with van der Waals surface area (Å²) in [6.07, 6.45) is 1.47.